The fraction of sp³-hybridized carbons (Fsp3) is 0.538. The topological polar surface area (TPSA) is 59.3 Å². The number of hydrogen-bond donors (Lipinski definition) is 1. The van der Waals surface area contributed by atoms with E-state index in [9.17, 15) is 9.59 Å². The number of hydrogen-bond acceptors (Lipinski definition) is 2. The van der Waals surface area contributed by atoms with Gasteiger partial charge < -0.3 is 9.67 Å². The van der Waals surface area contributed by atoms with Crippen molar-refractivity contribution in [2.75, 3.05) is 0 Å². The van der Waals surface area contributed by atoms with Gasteiger partial charge in [-0.2, -0.15) is 0 Å². The molecule has 1 heterocycles. The van der Waals surface area contributed by atoms with E-state index in [1.54, 1.807) is 6.07 Å². The first-order chi connectivity index (χ1) is 7.72. The number of carbonyl (C=O) groups is 1. The molecule has 0 radical (unpaired) electrons. The fourth-order valence-electron chi connectivity index (χ4n) is 1.56. The van der Waals surface area contributed by atoms with Gasteiger partial charge in [-0.15, -0.1) is 0 Å². The molecule has 0 unspecified atom stereocenters. The van der Waals surface area contributed by atoms with Crippen LogP contribution in [0.25, 0.3) is 0 Å². The molecule has 17 heavy (non-hydrogen) atoms. The number of rotatable bonds is 3. The SMILES string of the molecule is Cc1ccc(C(=O)O)c(=O)n1CCC(C)(C)C. The summed E-state index contributed by atoms with van der Waals surface area (Å²) in [4.78, 5) is 22.8. The van der Waals surface area contributed by atoms with E-state index < -0.39 is 11.5 Å². The Labute approximate surface area is 101 Å². The van der Waals surface area contributed by atoms with Crippen LogP contribution in [0.15, 0.2) is 16.9 Å². The predicted molar refractivity (Wildman–Crippen MR) is 66.5 cm³/mol. The van der Waals surface area contributed by atoms with E-state index in [0.29, 0.717) is 6.54 Å². The summed E-state index contributed by atoms with van der Waals surface area (Å²) in [6.45, 7) is 8.64. The molecule has 1 aromatic heterocycles. The molecule has 0 spiro atoms. The van der Waals surface area contributed by atoms with Gasteiger partial charge in [0.05, 0.1) is 0 Å². The Morgan fingerprint density at radius 1 is 1.35 bits per heavy atom. The Kier molecular flexibility index (Phi) is 3.76. The van der Waals surface area contributed by atoms with E-state index in [4.69, 9.17) is 5.11 Å². The number of pyridine rings is 1. The maximum atomic E-state index is 11.9. The largest absolute Gasteiger partial charge is 0.477 e. The zero-order valence-electron chi connectivity index (χ0n) is 10.8. The van der Waals surface area contributed by atoms with Gasteiger partial charge in [-0.3, -0.25) is 4.79 Å². The minimum Gasteiger partial charge on any atom is -0.477 e. The lowest BCUT2D eigenvalue weighted by Crippen LogP contribution is -2.29. The average molecular weight is 237 g/mol. The molecule has 0 aromatic carbocycles. The fourth-order valence-corrected chi connectivity index (χ4v) is 1.56. The van der Waals surface area contributed by atoms with Crippen LogP contribution < -0.4 is 5.56 Å². The molecule has 0 amide bonds. The average Bonchev–Trinajstić information content (AvgIpc) is 2.14. The van der Waals surface area contributed by atoms with Crippen molar-refractivity contribution in [1.29, 1.82) is 0 Å². The zero-order chi connectivity index (χ0) is 13.2. The van der Waals surface area contributed by atoms with E-state index in [2.05, 4.69) is 20.8 Å². The maximum absolute atomic E-state index is 11.9. The van der Waals surface area contributed by atoms with Crippen LogP contribution in [0.5, 0.6) is 0 Å². The van der Waals surface area contributed by atoms with E-state index in [0.717, 1.165) is 12.1 Å². The first-order valence-corrected chi connectivity index (χ1v) is 5.66. The van der Waals surface area contributed by atoms with E-state index >= 15 is 0 Å². The molecule has 0 aliphatic rings. The van der Waals surface area contributed by atoms with Crippen molar-refractivity contribution >= 4 is 5.97 Å². The van der Waals surface area contributed by atoms with Gasteiger partial charge in [0, 0.05) is 12.2 Å². The van der Waals surface area contributed by atoms with E-state index in [-0.39, 0.29) is 11.0 Å². The molecule has 0 aliphatic carbocycles. The number of carboxylic acid groups (broad SMARTS) is 1. The number of aromatic nitrogens is 1. The number of carboxylic acids is 1. The van der Waals surface area contributed by atoms with Crippen molar-refractivity contribution in [2.45, 2.75) is 40.7 Å². The molecule has 94 valence electrons. The highest BCUT2D eigenvalue weighted by atomic mass is 16.4. The first-order valence-electron chi connectivity index (χ1n) is 5.66. The molecular weight excluding hydrogens is 218 g/mol. The molecule has 0 atom stereocenters. The van der Waals surface area contributed by atoms with Gasteiger partial charge in [-0.05, 0) is 30.9 Å². The third kappa shape index (κ3) is 3.44. The molecule has 0 bridgehead atoms. The van der Waals surface area contributed by atoms with Crippen LogP contribution in [-0.2, 0) is 6.54 Å². The van der Waals surface area contributed by atoms with Gasteiger partial charge in [0.15, 0.2) is 0 Å². The normalized spacial score (nSPS) is 11.5. The highest BCUT2D eigenvalue weighted by molar-refractivity contribution is 5.87. The van der Waals surface area contributed by atoms with Gasteiger partial charge in [0.25, 0.3) is 5.56 Å². The first kappa shape index (κ1) is 13.5. The van der Waals surface area contributed by atoms with Crippen molar-refractivity contribution in [3.8, 4) is 0 Å². The second-order valence-electron chi connectivity index (χ2n) is 5.46. The summed E-state index contributed by atoms with van der Waals surface area (Å²) >= 11 is 0. The molecule has 0 aliphatic heterocycles. The number of aryl methyl sites for hydroxylation is 1. The summed E-state index contributed by atoms with van der Waals surface area (Å²) in [6, 6.07) is 3.04. The lowest BCUT2D eigenvalue weighted by Gasteiger charge is -2.20. The van der Waals surface area contributed by atoms with Crippen LogP contribution in [0.4, 0.5) is 0 Å². The minimum atomic E-state index is -1.17. The van der Waals surface area contributed by atoms with Crippen molar-refractivity contribution in [3.63, 3.8) is 0 Å². The van der Waals surface area contributed by atoms with Crippen LogP contribution >= 0.6 is 0 Å². The summed E-state index contributed by atoms with van der Waals surface area (Å²) in [5.74, 6) is -1.17. The van der Waals surface area contributed by atoms with Crippen LogP contribution in [-0.4, -0.2) is 15.6 Å². The van der Waals surface area contributed by atoms with Gasteiger partial charge in [0.1, 0.15) is 5.56 Å². The maximum Gasteiger partial charge on any atom is 0.341 e. The molecule has 1 aromatic rings. The molecule has 4 nitrogen and oxygen atoms in total. The predicted octanol–water partition coefficient (Wildman–Crippen LogP) is 2.29. The minimum absolute atomic E-state index is 0.116. The van der Waals surface area contributed by atoms with Crippen LogP contribution in [0.2, 0.25) is 0 Å². The Hall–Kier alpha value is -1.58. The Balaban J connectivity index is 3.11. The zero-order valence-corrected chi connectivity index (χ0v) is 10.8. The molecule has 1 rings (SSSR count). The smallest absolute Gasteiger partial charge is 0.341 e. The Bertz CT molecular complexity index is 480. The van der Waals surface area contributed by atoms with Crippen LogP contribution in [0.1, 0.15) is 43.2 Å². The van der Waals surface area contributed by atoms with Crippen molar-refractivity contribution in [1.82, 2.24) is 4.57 Å². The van der Waals surface area contributed by atoms with Crippen molar-refractivity contribution < 1.29 is 9.90 Å². The standard InChI is InChI=1S/C13H19NO3/c1-9-5-6-10(12(16)17)11(15)14(9)8-7-13(2,3)4/h5-6H,7-8H2,1-4H3,(H,16,17). The molecule has 1 N–H and O–H groups in total. The molecule has 0 fully saturated rings. The Morgan fingerprint density at radius 3 is 2.41 bits per heavy atom. The summed E-state index contributed by atoms with van der Waals surface area (Å²) in [5.41, 5.74) is 0.334. The summed E-state index contributed by atoms with van der Waals surface area (Å²) in [5, 5.41) is 8.90. The highest BCUT2D eigenvalue weighted by Crippen LogP contribution is 2.19. The van der Waals surface area contributed by atoms with Gasteiger partial charge in [-0.25, -0.2) is 4.79 Å². The summed E-state index contributed by atoms with van der Waals surface area (Å²) < 4.78 is 1.54. The summed E-state index contributed by atoms with van der Waals surface area (Å²) in [6.07, 6.45) is 0.830. The monoisotopic (exact) mass is 237 g/mol. The van der Waals surface area contributed by atoms with Gasteiger partial charge in [0.2, 0.25) is 0 Å². The van der Waals surface area contributed by atoms with Gasteiger partial charge in [-0.1, -0.05) is 20.8 Å². The highest BCUT2D eigenvalue weighted by Gasteiger charge is 2.15. The second kappa shape index (κ2) is 4.73. The van der Waals surface area contributed by atoms with Crippen LogP contribution in [0, 0.1) is 12.3 Å². The lowest BCUT2D eigenvalue weighted by atomic mass is 9.92. The van der Waals surface area contributed by atoms with Crippen molar-refractivity contribution in [2.24, 2.45) is 5.41 Å². The van der Waals surface area contributed by atoms with Gasteiger partial charge >= 0.3 is 5.97 Å². The second-order valence-corrected chi connectivity index (χ2v) is 5.46. The lowest BCUT2D eigenvalue weighted by molar-refractivity contribution is 0.0694. The molecule has 0 saturated heterocycles. The summed E-state index contributed by atoms with van der Waals surface area (Å²) in [7, 11) is 0. The van der Waals surface area contributed by atoms with Crippen molar-refractivity contribution in [3.05, 3.63) is 33.7 Å². The number of nitrogens with zero attached hydrogens (tertiary/aromatic N) is 1. The third-order valence-electron chi connectivity index (χ3n) is 2.71. The van der Waals surface area contributed by atoms with Crippen LogP contribution in [0.3, 0.4) is 0 Å². The molecular formula is C13H19NO3. The quantitative estimate of drug-likeness (QED) is 0.877. The number of aromatic carboxylic acids is 1. The van der Waals surface area contributed by atoms with E-state index in [1.807, 2.05) is 6.92 Å². The molecule has 4 heteroatoms. The molecule has 0 saturated carbocycles. The third-order valence-corrected chi connectivity index (χ3v) is 2.71. The van der Waals surface area contributed by atoms with E-state index in [1.165, 1.54) is 10.6 Å². The Morgan fingerprint density at radius 2 is 1.94 bits per heavy atom.